The summed E-state index contributed by atoms with van der Waals surface area (Å²) >= 11 is 0. The quantitative estimate of drug-likeness (QED) is 0.793. The molecule has 5 nitrogen and oxygen atoms in total. The second-order valence-electron chi connectivity index (χ2n) is 5.89. The molecule has 2 unspecified atom stereocenters. The summed E-state index contributed by atoms with van der Waals surface area (Å²) in [7, 11) is 0. The zero-order chi connectivity index (χ0) is 14.2. The molecule has 1 fully saturated rings. The average molecular weight is 282 g/mol. The van der Waals surface area contributed by atoms with Crippen LogP contribution < -0.4 is 4.90 Å². The van der Waals surface area contributed by atoms with Crippen LogP contribution in [-0.4, -0.2) is 28.2 Å². The highest BCUT2D eigenvalue weighted by atomic mass is 16.5. The Hall–Kier alpha value is -2.17. The largest absolute Gasteiger partial charge is 0.355 e. The summed E-state index contributed by atoms with van der Waals surface area (Å²) in [5, 5.41) is 3.89. The lowest BCUT2D eigenvalue weighted by atomic mass is 9.86. The number of aromatic nitrogens is 3. The number of fused-ring (bicyclic) bond motifs is 1. The first-order valence-corrected chi connectivity index (χ1v) is 7.47. The first kappa shape index (κ1) is 12.6. The second kappa shape index (κ2) is 4.98. The summed E-state index contributed by atoms with van der Waals surface area (Å²) in [6.07, 6.45) is 8.82. The minimum absolute atomic E-state index is 0.559. The maximum absolute atomic E-state index is 5.33. The Morgan fingerprint density at radius 2 is 1.95 bits per heavy atom. The minimum Gasteiger partial charge on any atom is -0.355 e. The van der Waals surface area contributed by atoms with Gasteiger partial charge in [0.05, 0.1) is 5.56 Å². The molecule has 2 aromatic heterocycles. The van der Waals surface area contributed by atoms with Gasteiger partial charge in [-0.05, 0) is 43.7 Å². The van der Waals surface area contributed by atoms with E-state index in [-0.39, 0.29) is 0 Å². The molecule has 2 aliphatic rings. The summed E-state index contributed by atoms with van der Waals surface area (Å²) in [6.45, 7) is 3.96. The molecule has 0 N–H and O–H groups in total. The van der Waals surface area contributed by atoms with E-state index < -0.39 is 0 Å². The fraction of sp³-hybridized carbons (Fsp3) is 0.438. The molecule has 0 aromatic carbocycles. The molecule has 0 amide bonds. The highest BCUT2D eigenvalue weighted by Gasteiger charge is 2.34. The number of allylic oxidation sites excluding steroid dienone is 2. The molecule has 0 spiro atoms. The van der Waals surface area contributed by atoms with Crippen molar-refractivity contribution in [1.82, 2.24) is 15.1 Å². The van der Waals surface area contributed by atoms with Crippen molar-refractivity contribution in [3.05, 3.63) is 36.3 Å². The molecular formula is C16H18N4O. The fourth-order valence-corrected chi connectivity index (χ4v) is 3.41. The Bertz CT molecular complexity index is 662. The lowest BCUT2D eigenvalue weighted by Crippen LogP contribution is -2.21. The van der Waals surface area contributed by atoms with Crippen molar-refractivity contribution in [2.75, 3.05) is 18.0 Å². The second-order valence-corrected chi connectivity index (χ2v) is 5.89. The van der Waals surface area contributed by atoms with E-state index in [4.69, 9.17) is 4.52 Å². The van der Waals surface area contributed by atoms with Crippen LogP contribution in [0.25, 0.3) is 11.5 Å². The van der Waals surface area contributed by atoms with E-state index in [1.807, 2.05) is 25.3 Å². The summed E-state index contributed by atoms with van der Waals surface area (Å²) in [5.41, 5.74) is 0.935. The maximum Gasteiger partial charge on any atom is 0.261 e. The third-order valence-corrected chi connectivity index (χ3v) is 4.46. The summed E-state index contributed by atoms with van der Waals surface area (Å²) in [4.78, 5) is 11.3. The van der Waals surface area contributed by atoms with Crippen LogP contribution in [0.15, 0.2) is 35.0 Å². The van der Waals surface area contributed by atoms with Gasteiger partial charge in [0, 0.05) is 19.3 Å². The number of nitrogens with zero attached hydrogens (tertiary/aromatic N) is 4. The van der Waals surface area contributed by atoms with Gasteiger partial charge in [0.1, 0.15) is 5.82 Å². The third kappa shape index (κ3) is 2.22. The van der Waals surface area contributed by atoms with Crippen molar-refractivity contribution < 1.29 is 4.52 Å². The highest BCUT2D eigenvalue weighted by Crippen LogP contribution is 2.37. The summed E-state index contributed by atoms with van der Waals surface area (Å²) in [5.74, 6) is 3.67. The molecule has 3 heterocycles. The predicted octanol–water partition coefficient (Wildman–Crippen LogP) is 2.84. The standard InChI is InChI=1S/C16H18N4O/c1-11-18-16(21-19-11)14-7-4-8-17-15(14)20-9-12-5-2-3-6-13(12)10-20/h2-4,7-8,12-13H,5-6,9-10H2,1H3. The normalized spacial score (nSPS) is 24.3. The average Bonchev–Trinajstić information content (AvgIpc) is 3.13. The monoisotopic (exact) mass is 282 g/mol. The van der Waals surface area contributed by atoms with E-state index in [0.717, 1.165) is 36.3 Å². The van der Waals surface area contributed by atoms with Crippen LogP contribution in [0.1, 0.15) is 18.7 Å². The third-order valence-electron chi connectivity index (χ3n) is 4.46. The number of anilines is 1. The van der Waals surface area contributed by atoms with Gasteiger partial charge in [0.2, 0.25) is 0 Å². The van der Waals surface area contributed by atoms with Crippen LogP contribution in [0.2, 0.25) is 0 Å². The van der Waals surface area contributed by atoms with Crippen molar-refractivity contribution in [1.29, 1.82) is 0 Å². The fourth-order valence-electron chi connectivity index (χ4n) is 3.41. The van der Waals surface area contributed by atoms with Gasteiger partial charge >= 0.3 is 0 Å². The molecule has 4 rings (SSSR count). The Morgan fingerprint density at radius 1 is 1.19 bits per heavy atom. The molecule has 0 radical (unpaired) electrons. The van der Waals surface area contributed by atoms with Crippen LogP contribution >= 0.6 is 0 Å². The van der Waals surface area contributed by atoms with E-state index in [9.17, 15) is 0 Å². The number of aryl methyl sites for hydroxylation is 1. The van der Waals surface area contributed by atoms with Gasteiger partial charge in [-0.1, -0.05) is 17.3 Å². The maximum atomic E-state index is 5.33. The van der Waals surface area contributed by atoms with Crippen molar-refractivity contribution in [2.45, 2.75) is 19.8 Å². The van der Waals surface area contributed by atoms with Gasteiger partial charge in [0.15, 0.2) is 5.82 Å². The van der Waals surface area contributed by atoms with Crippen molar-refractivity contribution in [3.8, 4) is 11.5 Å². The van der Waals surface area contributed by atoms with Crippen LogP contribution in [0, 0.1) is 18.8 Å². The molecular weight excluding hydrogens is 264 g/mol. The Kier molecular flexibility index (Phi) is 2.98. The van der Waals surface area contributed by atoms with Crippen molar-refractivity contribution in [3.63, 3.8) is 0 Å². The van der Waals surface area contributed by atoms with Crippen LogP contribution in [0.5, 0.6) is 0 Å². The Labute approximate surface area is 123 Å². The lowest BCUT2D eigenvalue weighted by molar-refractivity contribution is 0.411. The molecule has 1 aliphatic carbocycles. The van der Waals surface area contributed by atoms with Gasteiger partial charge in [-0.15, -0.1) is 0 Å². The van der Waals surface area contributed by atoms with E-state index in [2.05, 4.69) is 32.2 Å². The summed E-state index contributed by atoms with van der Waals surface area (Å²) < 4.78 is 5.33. The first-order chi connectivity index (χ1) is 10.3. The summed E-state index contributed by atoms with van der Waals surface area (Å²) in [6, 6.07) is 3.93. The number of pyridine rings is 1. The lowest BCUT2D eigenvalue weighted by Gasteiger charge is -2.19. The zero-order valence-electron chi connectivity index (χ0n) is 12.1. The SMILES string of the molecule is Cc1noc(-c2cccnc2N2CC3CC=CCC3C2)n1. The smallest absolute Gasteiger partial charge is 0.261 e. The van der Waals surface area contributed by atoms with Crippen LogP contribution in [0.4, 0.5) is 5.82 Å². The number of rotatable bonds is 2. The van der Waals surface area contributed by atoms with E-state index in [0.29, 0.717) is 11.7 Å². The molecule has 0 bridgehead atoms. The molecule has 21 heavy (non-hydrogen) atoms. The topological polar surface area (TPSA) is 55.1 Å². The highest BCUT2D eigenvalue weighted by molar-refractivity contribution is 5.70. The molecule has 0 saturated carbocycles. The van der Waals surface area contributed by atoms with Crippen LogP contribution in [0.3, 0.4) is 0 Å². The first-order valence-electron chi connectivity index (χ1n) is 7.47. The Morgan fingerprint density at radius 3 is 2.62 bits per heavy atom. The van der Waals surface area contributed by atoms with Gasteiger partial charge in [-0.2, -0.15) is 4.98 Å². The number of hydrogen-bond acceptors (Lipinski definition) is 5. The van der Waals surface area contributed by atoms with Gasteiger partial charge < -0.3 is 9.42 Å². The Balaban J connectivity index is 1.67. The molecule has 2 aromatic rings. The van der Waals surface area contributed by atoms with Gasteiger partial charge in [-0.3, -0.25) is 0 Å². The van der Waals surface area contributed by atoms with Crippen molar-refractivity contribution in [2.24, 2.45) is 11.8 Å². The van der Waals surface area contributed by atoms with Crippen LogP contribution in [-0.2, 0) is 0 Å². The molecule has 5 heteroatoms. The van der Waals surface area contributed by atoms with Crippen molar-refractivity contribution >= 4 is 5.82 Å². The number of hydrogen-bond donors (Lipinski definition) is 0. The zero-order valence-corrected chi connectivity index (χ0v) is 12.1. The van der Waals surface area contributed by atoms with E-state index in [1.54, 1.807) is 0 Å². The molecule has 1 aliphatic heterocycles. The van der Waals surface area contributed by atoms with Gasteiger partial charge in [0.25, 0.3) is 5.89 Å². The minimum atomic E-state index is 0.559. The predicted molar refractivity (Wildman–Crippen MR) is 79.8 cm³/mol. The molecule has 108 valence electrons. The molecule has 2 atom stereocenters. The van der Waals surface area contributed by atoms with E-state index in [1.165, 1.54) is 12.8 Å². The molecule has 1 saturated heterocycles. The van der Waals surface area contributed by atoms with E-state index >= 15 is 0 Å². The van der Waals surface area contributed by atoms with Gasteiger partial charge in [-0.25, -0.2) is 4.98 Å².